The van der Waals surface area contributed by atoms with Crippen LogP contribution in [0.3, 0.4) is 0 Å². The molecule has 0 saturated carbocycles. The highest BCUT2D eigenvalue weighted by Crippen LogP contribution is 2.23. The van der Waals surface area contributed by atoms with Crippen molar-refractivity contribution in [2.45, 2.75) is 59.0 Å². The van der Waals surface area contributed by atoms with Gasteiger partial charge in [0, 0.05) is 24.8 Å². The zero-order valence-corrected chi connectivity index (χ0v) is 20.7. The number of aryl methyl sites for hydroxylation is 3. The minimum absolute atomic E-state index is 0.451. The zero-order chi connectivity index (χ0) is 23.5. The van der Waals surface area contributed by atoms with Crippen LogP contribution in [0.1, 0.15) is 47.1 Å². The fraction of sp³-hybridized carbons (Fsp3) is 0.355. The molecule has 3 aromatic carbocycles. The molecule has 174 valence electrons. The number of nitrogens with one attached hydrogen (secondary N) is 1. The summed E-state index contributed by atoms with van der Waals surface area (Å²) in [5.74, 6) is 0. The summed E-state index contributed by atoms with van der Waals surface area (Å²) in [7, 11) is 0. The molecular formula is C31H40N2. The van der Waals surface area contributed by atoms with Gasteiger partial charge in [0.25, 0.3) is 0 Å². The minimum atomic E-state index is 0.451. The van der Waals surface area contributed by atoms with E-state index in [-0.39, 0.29) is 0 Å². The summed E-state index contributed by atoms with van der Waals surface area (Å²) < 4.78 is 0. The van der Waals surface area contributed by atoms with Crippen LogP contribution in [0.4, 0.5) is 0 Å². The van der Waals surface area contributed by atoms with Crippen molar-refractivity contribution < 1.29 is 0 Å². The molecule has 2 heteroatoms. The second-order valence-corrected chi connectivity index (χ2v) is 9.31. The van der Waals surface area contributed by atoms with Crippen molar-refractivity contribution in [1.82, 2.24) is 10.2 Å². The molecule has 1 aliphatic heterocycles. The molecule has 1 heterocycles. The first-order valence-corrected chi connectivity index (χ1v) is 12.3. The Kier molecular flexibility index (Phi) is 9.77. The molecule has 1 aliphatic rings. The van der Waals surface area contributed by atoms with Crippen LogP contribution in [0.2, 0.25) is 0 Å². The van der Waals surface area contributed by atoms with E-state index in [0.29, 0.717) is 6.04 Å². The van der Waals surface area contributed by atoms with Crippen LogP contribution in [0.15, 0.2) is 91.1 Å². The predicted octanol–water partition coefficient (Wildman–Crippen LogP) is 7.00. The summed E-state index contributed by atoms with van der Waals surface area (Å²) in [5, 5.41) is 3.60. The van der Waals surface area contributed by atoms with Gasteiger partial charge in [0.05, 0.1) is 0 Å². The smallest absolute Gasteiger partial charge is 0.0492 e. The fourth-order valence-corrected chi connectivity index (χ4v) is 4.27. The van der Waals surface area contributed by atoms with E-state index in [9.17, 15) is 0 Å². The lowest BCUT2D eigenvalue weighted by molar-refractivity contribution is 0.158. The van der Waals surface area contributed by atoms with Gasteiger partial charge in [-0.05, 0) is 57.7 Å². The van der Waals surface area contributed by atoms with Crippen molar-refractivity contribution in [2.24, 2.45) is 0 Å². The molecule has 1 unspecified atom stereocenters. The number of likely N-dealkylation sites (tertiary alicyclic amines) is 1. The number of piperidine rings is 1. The number of rotatable bonds is 7. The summed E-state index contributed by atoms with van der Waals surface area (Å²) in [6.07, 6.45) is 4.85. The van der Waals surface area contributed by atoms with Gasteiger partial charge in [0.2, 0.25) is 0 Å². The van der Waals surface area contributed by atoms with E-state index in [1.54, 1.807) is 0 Å². The van der Waals surface area contributed by atoms with Crippen molar-refractivity contribution in [3.63, 3.8) is 0 Å². The molecule has 3 aromatic rings. The maximum Gasteiger partial charge on any atom is 0.0492 e. The molecule has 1 N–H and O–H groups in total. The first-order valence-electron chi connectivity index (χ1n) is 12.3. The molecule has 0 bridgehead atoms. The first-order chi connectivity index (χ1) is 16.0. The van der Waals surface area contributed by atoms with Gasteiger partial charge < -0.3 is 5.32 Å². The minimum Gasteiger partial charge on any atom is -0.387 e. The normalized spacial score (nSPS) is 15.9. The van der Waals surface area contributed by atoms with Gasteiger partial charge in [-0.25, -0.2) is 0 Å². The molecule has 33 heavy (non-hydrogen) atoms. The second kappa shape index (κ2) is 13.0. The van der Waals surface area contributed by atoms with Gasteiger partial charge in [-0.2, -0.15) is 0 Å². The van der Waals surface area contributed by atoms with Crippen LogP contribution < -0.4 is 5.32 Å². The van der Waals surface area contributed by atoms with Crippen molar-refractivity contribution in [3.05, 3.63) is 119 Å². The van der Waals surface area contributed by atoms with E-state index < -0.39 is 0 Å². The molecule has 0 radical (unpaired) electrons. The Labute approximate surface area is 201 Å². The molecule has 1 atom stereocenters. The van der Waals surface area contributed by atoms with Crippen molar-refractivity contribution in [1.29, 1.82) is 0 Å². The highest BCUT2D eigenvalue weighted by molar-refractivity contribution is 5.22. The Bertz CT molecular complexity index is 937. The van der Waals surface area contributed by atoms with Crippen molar-refractivity contribution in [2.75, 3.05) is 13.1 Å². The summed E-state index contributed by atoms with van der Waals surface area (Å²) in [5.41, 5.74) is 7.94. The maximum absolute atomic E-state index is 4.36. The third-order valence-corrected chi connectivity index (χ3v) is 6.35. The first kappa shape index (κ1) is 24.8. The van der Waals surface area contributed by atoms with Gasteiger partial charge in [-0.1, -0.05) is 109 Å². The Morgan fingerprint density at radius 1 is 0.788 bits per heavy atom. The highest BCUT2D eigenvalue weighted by atomic mass is 15.2. The van der Waals surface area contributed by atoms with Gasteiger partial charge in [0.1, 0.15) is 0 Å². The average Bonchev–Trinajstić information content (AvgIpc) is 2.84. The third-order valence-electron chi connectivity index (χ3n) is 6.35. The highest BCUT2D eigenvalue weighted by Gasteiger charge is 2.24. The van der Waals surface area contributed by atoms with Gasteiger partial charge in [0.15, 0.2) is 0 Å². The molecule has 1 fully saturated rings. The molecule has 0 spiro atoms. The van der Waals surface area contributed by atoms with Crippen LogP contribution in [0, 0.1) is 20.8 Å². The lowest BCUT2D eigenvalue weighted by atomic mass is 9.98. The quantitative estimate of drug-likeness (QED) is 0.425. The molecule has 0 aromatic heterocycles. The van der Waals surface area contributed by atoms with Crippen LogP contribution >= 0.6 is 0 Å². The molecule has 2 nitrogen and oxygen atoms in total. The Hall–Kier alpha value is -2.84. The molecular weight excluding hydrogens is 400 g/mol. The van der Waals surface area contributed by atoms with Crippen molar-refractivity contribution >= 4 is 0 Å². The summed E-state index contributed by atoms with van der Waals surface area (Å²) >= 11 is 0. The zero-order valence-electron chi connectivity index (χ0n) is 20.7. The van der Waals surface area contributed by atoms with Gasteiger partial charge in [-0.3, -0.25) is 4.90 Å². The molecule has 0 aliphatic carbocycles. The topological polar surface area (TPSA) is 15.3 Å². The van der Waals surface area contributed by atoms with Crippen LogP contribution in [-0.4, -0.2) is 24.0 Å². The summed E-state index contributed by atoms with van der Waals surface area (Å²) in [6, 6.07) is 28.5. The van der Waals surface area contributed by atoms with E-state index >= 15 is 0 Å². The summed E-state index contributed by atoms with van der Waals surface area (Å²) in [4.78, 5) is 2.58. The molecule has 1 saturated heterocycles. The number of hydrogen-bond acceptors (Lipinski definition) is 2. The number of benzene rings is 3. The monoisotopic (exact) mass is 440 g/mol. The predicted molar refractivity (Wildman–Crippen MR) is 142 cm³/mol. The number of hydrogen-bond donors (Lipinski definition) is 1. The van der Waals surface area contributed by atoms with Crippen LogP contribution in [0.5, 0.6) is 0 Å². The van der Waals surface area contributed by atoms with Crippen LogP contribution in [0.25, 0.3) is 0 Å². The fourth-order valence-electron chi connectivity index (χ4n) is 4.27. The van der Waals surface area contributed by atoms with Crippen LogP contribution in [-0.2, 0) is 13.0 Å². The Morgan fingerprint density at radius 3 is 1.97 bits per heavy atom. The molecule has 4 rings (SSSR count). The van der Waals surface area contributed by atoms with Crippen molar-refractivity contribution in [3.8, 4) is 0 Å². The van der Waals surface area contributed by atoms with E-state index in [4.69, 9.17) is 0 Å². The lowest BCUT2D eigenvalue weighted by Crippen LogP contribution is -2.43. The maximum atomic E-state index is 4.36. The Balaban J connectivity index is 0.000000323. The largest absolute Gasteiger partial charge is 0.387 e. The third kappa shape index (κ3) is 8.55. The lowest BCUT2D eigenvalue weighted by Gasteiger charge is -2.37. The standard InChI is InChI=1S/C23H30N2.C8H10/c1-19-11-13-21(14-12-19)15-16-24-20(2)23-10-6-7-17-25(23)18-22-8-4-3-5-9-22;1-7-3-5-8(2)6-4-7/h3-5,8-9,11-14,23-24H,2,6-7,10,15-18H2,1H3;3-6H,1-2H3. The SMILES string of the molecule is C=C(NCCc1ccc(C)cc1)C1CCCCN1Cc1ccccc1.Cc1ccc(C)cc1. The molecule has 0 amide bonds. The van der Waals surface area contributed by atoms with E-state index in [2.05, 4.69) is 116 Å². The van der Waals surface area contributed by atoms with E-state index in [1.807, 2.05) is 0 Å². The summed E-state index contributed by atoms with van der Waals surface area (Å²) in [6.45, 7) is 13.8. The Morgan fingerprint density at radius 2 is 1.36 bits per heavy atom. The van der Waals surface area contributed by atoms with E-state index in [0.717, 1.165) is 26.1 Å². The van der Waals surface area contributed by atoms with Gasteiger partial charge in [-0.15, -0.1) is 0 Å². The average molecular weight is 441 g/mol. The number of nitrogens with zero attached hydrogens (tertiary/aromatic N) is 1. The van der Waals surface area contributed by atoms with E-state index in [1.165, 1.54) is 52.8 Å². The second-order valence-electron chi connectivity index (χ2n) is 9.31. The van der Waals surface area contributed by atoms with Gasteiger partial charge >= 0.3 is 0 Å².